The molecule has 1 aromatic carbocycles. The summed E-state index contributed by atoms with van der Waals surface area (Å²) < 4.78 is 6.61. The molecule has 0 saturated heterocycles. The van der Waals surface area contributed by atoms with Crippen LogP contribution in [0.3, 0.4) is 0 Å². The highest BCUT2D eigenvalue weighted by Gasteiger charge is 2.16. The average Bonchev–Trinajstić information content (AvgIpc) is 3.13. The summed E-state index contributed by atoms with van der Waals surface area (Å²) in [6, 6.07) is 9.39. The third kappa shape index (κ3) is 3.43. The first-order valence-electron chi connectivity index (χ1n) is 7.29. The normalized spacial score (nSPS) is 10.8. The second kappa shape index (κ2) is 6.79. The number of rotatable bonds is 5. The molecule has 0 bridgehead atoms. The van der Waals surface area contributed by atoms with Gasteiger partial charge in [-0.2, -0.15) is 0 Å². The number of nitrogens with one attached hydrogen (secondary N) is 1. The van der Waals surface area contributed by atoms with Crippen molar-refractivity contribution in [2.24, 2.45) is 0 Å². The number of benzene rings is 1. The van der Waals surface area contributed by atoms with E-state index < -0.39 is 0 Å². The van der Waals surface area contributed by atoms with Gasteiger partial charge in [-0.1, -0.05) is 29.5 Å². The lowest BCUT2D eigenvalue weighted by Gasteiger charge is -2.05. The maximum Gasteiger partial charge on any atom is 0.234 e. The van der Waals surface area contributed by atoms with E-state index in [1.807, 2.05) is 38.1 Å². The standard InChI is InChI=1S/C16H17N5O2S/c1-10-3-5-12(6-4-10)18-14(22)9-24-16-20-19-15(21(16)17)13-7-8-23-11(13)2/h3-8H,9,17H2,1-2H3,(H,18,22). The van der Waals surface area contributed by atoms with Crippen LogP contribution in [0.5, 0.6) is 0 Å². The molecule has 0 aliphatic heterocycles. The van der Waals surface area contributed by atoms with Crippen molar-refractivity contribution in [3.05, 3.63) is 47.9 Å². The van der Waals surface area contributed by atoms with Crippen LogP contribution < -0.4 is 11.2 Å². The van der Waals surface area contributed by atoms with E-state index in [2.05, 4.69) is 15.5 Å². The van der Waals surface area contributed by atoms with Gasteiger partial charge in [0.2, 0.25) is 11.1 Å². The summed E-state index contributed by atoms with van der Waals surface area (Å²) in [7, 11) is 0. The zero-order valence-electron chi connectivity index (χ0n) is 13.3. The van der Waals surface area contributed by atoms with Crippen molar-refractivity contribution in [1.29, 1.82) is 0 Å². The van der Waals surface area contributed by atoms with Crippen LogP contribution in [0.4, 0.5) is 5.69 Å². The van der Waals surface area contributed by atoms with E-state index in [9.17, 15) is 4.79 Å². The summed E-state index contributed by atoms with van der Waals surface area (Å²) in [6.07, 6.45) is 1.57. The first kappa shape index (κ1) is 16.1. The van der Waals surface area contributed by atoms with E-state index in [4.69, 9.17) is 10.3 Å². The molecule has 0 aliphatic carbocycles. The van der Waals surface area contributed by atoms with Crippen molar-refractivity contribution >= 4 is 23.4 Å². The van der Waals surface area contributed by atoms with Gasteiger partial charge < -0.3 is 15.6 Å². The third-order valence-electron chi connectivity index (χ3n) is 3.43. The minimum atomic E-state index is -0.132. The third-order valence-corrected chi connectivity index (χ3v) is 4.38. The number of aromatic nitrogens is 3. The van der Waals surface area contributed by atoms with Crippen LogP contribution in [0.25, 0.3) is 11.4 Å². The summed E-state index contributed by atoms with van der Waals surface area (Å²) in [5.41, 5.74) is 2.68. The van der Waals surface area contributed by atoms with Crippen LogP contribution in [0.2, 0.25) is 0 Å². The molecule has 3 aromatic rings. The molecule has 2 heterocycles. The molecule has 1 amide bonds. The number of anilines is 1. The van der Waals surface area contributed by atoms with Crippen LogP contribution in [0, 0.1) is 13.8 Å². The van der Waals surface area contributed by atoms with Crippen LogP contribution in [0.1, 0.15) is 11.3 Å². The Morgan fingerprint density at radius 2 is 2.00 bits per heavy atom. The smallest absolute Gasteiger partial charge is 0.234 e. The van der Waals surface area contributed by atoms with E-state index in [0.717, 1.165) is 16.8 Å². The number of aryl methyl sites for hydroxylation is 2. The Morgan fingerprint density at radius 1 is 1.25 bits per heavy atom. The van der Waals surface area contributed by atoms with Gasteiger partial charge in [-0.25, -0.2) is 4.68 Å². The first-order valence-corrected chi connectivity index (χ1v) is 8.27. The lowest BCUT2D eigenvalue weighted by atomic mass is 10.2. The number of nitrogens with two attached hydrogens (primary N) is 1. The van der Waals surface area contributed by atoms with Crippen molar-refractivity contribution < 1.29 is 9.21 Å². The highest BCUT2D eigenvalue weighted by atomic mass is 32.2. The second-order valence-electron chi connectivity index (χ2n) is 5.27. The highest BCUT2D eigenvalue weighted by Crippen LogP contribution is 2.25. The van der Waals surface area contributed by atoms with E-state index in [1.165, 1.54) is 16.4 Å². The van der Waals surface area contributed by atoms with Gasteiger partial charge in [-0.3, -0.25) is 4.79 Å². The van der Waals surface area contributed by atoms with Crippen LogP contribution in [0.15, 0.2) is 46.2 Å². The lowest BCUT2D eigenvalue weighted by molar-refractivity contribution is -0.113. The van der Waals surface area contributed by atoms with Gasteiger partial charge in [-0.05, 0) is 32.0 Å². The quantitative estimate of drug-likeness (QED) is 0.546. The largest absolute Gasteiger partial charge is 0.469 e. The number of thioether (sulfide) groups is 1. The number of carbonyl (C=O) groups excluding carboxylic acids is 1. The SMILES string of the molecule is Cc1ccc(NC(=O)CSc2nnc(-c3ccoc3C)n2N)cc1. The number of nitrogen functional groups attached to an aromatic ring is 1. The van der Waals surface area contributed by atoms with Gasteiger partial charge in [-0.15, -0.1) is 10.2 Å². The summed E-state index contributed by atoms with van der Waals surface area (Å²) in [5.74, 6) is 7.29. The van der Waals surface area contributed by atoms with Gasteiger partial charge in [0.15, 0.2) is 5.82 Å². The van der Waals surface area contributed by atoms with Gasteiger partial charge in [0.05, 0.1) is 17.6 Å². The molecule has 3 rings (SSSR count). The number of nitrogens with zero attached hydrogens (tertiary/aromatic N) is 3. The summed E-state index contributed by atoms with van der Waals surface area (Å²) >= 11 is 1.22. The fourth-order valence-corrected chi connectivity index (χ4v) is 2.80. The van der Waals surface area contributed by atoms with E-state index in [0.29, 0.717) is 16.7 Å². The van der Waals surface area contributed by atoms with Gasteiger partial charge >= 0.3 is 0 Å². The minimum absolute atomic E-state index is 0.132. The fraction of sp³-hybridized carbons (Fsp3) is 0.188. The molecule has 24 heavy (non-hydrogen) atoms. The Kier molecular flexibility index (Phi) is 4.57. The van der Waals surface area contributed by atoms with E-state index >= 15 is 0 Å². The molecular weight excluding hydrogens is 326 g/mol. The molecule has 0 atom stereocenters. The molecule has 7 nitrogen and oxygen atoms in total. The molecular formula is C16H17N5O2S. The lowest BCUT2D eigenvalue weighted by Crippen LogP contribution is -2.16. The molecule has 0 saturated carbocycles. The second-order valence-corrected chi connectivity index (χ2v) is 6.21. The van der Waals surface area contributed by atoms with Crippen LogP contribution in [-0.4, -0.2) is 26.5 Å². The van der Waals surface area contributed by atoms with Gasteiger partial charge in [0, 0.05) is 5.69 Å². The molecule has 8 heteroatoms. The Morgan fingerprint density at radius 3 is 2.67 bits per heavy atom. The molecule has 3 N–H and O–H groups in total. The topological polar surface area (TPSA) is 99.0 Å². The zero-order valence-corrected chi connectivity index (χ0v) is 14.1. The minimum Gasteiger partial charge on any atom is -0.469 e. The van der Waals surface area contributed by atoms with Crippen molar-refractivity contribution in [2.75, 3.05) is 16.9 Å². The average molecular weight is 343 g/mol. The first-order chi connectivity index (χ1) is 11.5. The monoisotopic (exact) mass is 343 g/mol. The predicted octanol–water partition coefficient (Wildman–Crippen LogP) is 2.60. The van der Waals surface area contributed by atoms with E-state index in [-0.39, 0.29) is 11.7 Å². The Hall–Kier alpha value is -2.74. The number of amides is 1. The number of hydrogen-bond acceptors (Lipinski definition) is 6. The highest BCUT2D eigenvalue weighted by molar-refractivity contribution is 7.99. The summed E-state index contributed by atoms with van der Waals surface area (Å²) in [5, 5.41) is 11.4. The molecule has 2 aromatic heterocycles. The van der Waals surface area contributed by atoms with Gasteiger partial charge in [0.25, 0.3) is 0 Å². The Labute approximate surface area is 143 Å². The molecule has 0 radical (unpaired) electrons. The molecule has 0 unspecified atom stereocenters. The fourth-order valence-electron chi connectivity index (χ4n) is 2.14. The van der Waals surface area contributed by atoms with Crippen molar-refractivity contribution in [2.45, 2.75) is 19.0 Å². The number of carbonyl (C=O) groups is 1. The molecule has 124 valence electrons. The van der Waals surface area contributed by atoms with Crippen molar-refractivity contribution in [1.82, 2.24) is 14.9 Å². The summed E-state index contributed by atoms with van der Waals surface area (Å²) in [4.78, 5) is 12.0. The van der Waals surface area contributed by atoms with Gasteiger partial charge in [0.1, 0.15) is 5.76 Å². The zero-order chi connectivity index (χ0) is 17.1. The molecule has 0 spiro atoms. The van der Waals surface area contributed by atoms with Crippen LogP contribution >= 0.6 is 11.8 Å². The maximum absolute atomic E-state index is 12.0. The number of hydrogen-bond donors (Lipinski definition) is 2. The Bertz CT molecular complexity index is 854. The molecule has 0 aliphatic rings. The summed E-state index contributed by atoms with van der Waals surface area (Å²) in [6.45, 7) is 3.82. The maximum atomic E-state index is 12.0. The van der Waals surface area contributed by atoms with Crippen molar-refractivity contribution in [3.63, 3.8) is 0 Å². The molecule has 0 fully saturated rings. The predicted molar refractivity (Wildman–Crippen MR) is 93.1 cm³/mol. The van der Waals surface area contributed by atoms with Crippen LogP contribution in [-0.2, 0) is 4.79 Å². The van der Waals surface area contributed by atoms with Crippen molar-refractivity contribution in [3.8, 4) is 11.4 Å². The number of furan rings is 1. The Balaban J connectivity index is 1.63. The van der Waals surface area contributed by atoms with E-state index in [1.54, 1.807) is 12.3 Å².